The molecule has 6 aromatic rings. The molecule has 0 radical (unpaired) electrons. The zero-order valence-corrected chi connectivity index (χ0v) is 23.1. The van der Waals surface area contributed by atoms with Crippen LogP contribution >= 0.6 is 0 Å². The van der Waals surface area contributed by atoms with Crippen molar-refractivity contribution in [3.05, 3.63) is 125 Å². The number of benzene rings is 3. The Kier molecular flexibility index (Phi) is 7.14. The molecular weight excluding hydrogens is 557 g/mol. The van der Waals surface area contributed by atoms with Crippen molar-refractivity contribution in [3.8, 4) is 22.8 Å². The third-order valence-corrected chi connectivity index (χ3v) is 6.85. The van der Waals surface area contributed by atoms with Gasteiger partial charge in [-0.1, -0.05) is 60.7 Å². The van der Waals surface area contributed by atoms with Crippen molar-refractivity contribution in [2.75, 3.05) is 5.32 Å². The van der Waals surface area contributed by atoms with Crippen LogP contribution in [0.4, 0.5) is 18.9 Å². The third kappa shape index (κ3) is 5.82. The Morgan fingerprint density at radius 1 is 0.860 bits per heavy atom. The maximum absolute atomic E-state index is 14.0. The van der Waals surface area contributed by atoms with Crippen LogP contribution in [0.15, 0.2) is 97.1 Å². The van der Waals surface area contributed by atoms with Crippen LogP contribution in [0.1, 0.15) is 33.1 Å². The van der Waals surface area contributed by atoms with E-state index in [1.54, 1.807) is 48.9 Å². The van der Waals surface area contributed by atoms with Gasteiger partial charge in [-0.05, 0) is 49.7 Å². The van der Waals surface area contributed by atoms with Gasteiger partial charge >= 0.3 is 6.18 Å². The number of aromatic nitrogens is 5. The molecule has 0 bridgehead atoms. The summed E-state index contributed by atoms with van der Waals surface area (Å²) in [5, 5.41) is 11.3. The van der Waals surface area contributed by atoms with Gasteiger partial charge in [0.05, 0.1) is 29.3 Å². The number of para-hydroxylation sites is 1. The number of nitrogens with one attached hydrogen (secondary N) is 1. The Morgan fingerprint density at radius 2 is 1.56 bits per heavy atom. The van der Waals surface area contributed by atoms with Crippen LogP contribution in [-0.2, 0) is 12.7 Å². The number of alkyl halides is 3. The Labute approximate surface area is 244 Å². The highest BCUT2D eigenvalue weighted by Crippen LogP contribution is 2.32. The summed E-state index contributed by atoms with van der Waals surface area (Å²) in [4.78, 5) is 17.6. The first-order valence-electron chi connectivity index (χ1n) is 13.4. The van der Waals surface area contributed by atoms with Gasteiger partial charge < -0.3 is 10.1 Å². The van der Waals surface area contributed by atoms with E-state index < -0.39 is 17.8 Å². The van der Waals surface area contributed by atoms with Gasteiger partial charge in [0.15, 0.2) is 17.0 Å². The van der Waals surface area contributed by atoms with E-state index in [0.717, 1.165) is 17.4 Å². The van der Waals surface area contributed by atoms with Gasteiger partial charge in [0.25, 0.3) is 5.91 Å². The quantitative estimate of drug-likeness (QED) is 0.213. The topological polar surface area (TPSA) is 86.3 Å². The Balaban J connectivity index is 1.25. The number of ether oxygens (including phenoxy) is 1. The lowest BCUT2D eigenvalue weighted by Gasteiger charge is -2.11. The maximum Gasteiger partial charge on any atom is 0.433 e. The summed E-state index contributed by atoms with van der Waals surface area (Å²) in [5.74, 6) is 0.716. The minimum Gasteiger partial charge on any atom is -0.457 e. The molecule has 0 aliphatic carbocycles. The summed E-state index contributed by atoms with van der Waals surface area (Å²) < 4.78 is 50.3. The van der Waals surface area contributed by atoms with E-state index in [-0.39, 0.29) is 17.0 Å². The molecule has 3 heterocycles. The third-order valence-electron chi connectivity index (χ3n) is 6.85. The summed E-state index contributed by atoms with van der Waals surface area (Å²) in [6.07, 6.45) is -4.72. The lowest BCUT2D eigenvalue weighted by Crippen LogP contribution is -2.16. The minimum absolute atomic E-state index is 0.0967. The average molecular weight is 583 g/mol. The maximum atomic E-state index is 14.0. The monoisotopic (exact) mass is 582 g/mol. The fourth-order valence-corrected chi connectivity index (χ4v) is 4.76. The minimum atomic E-state index is -4.72. The van der Waals surface area contributed by atoms with E-state index in [1.807, 2.05) is 54.6 Å². The highest BCUT2D eigenvalue weighted by atomic mass is 19.4. The molecule has 0 unspecified atom stereocenters. The van der Waals surface area contributed by atoms with E-state index in [4.69, 9.17) is 4.74 Å². The fourth-order valence-electron chi connectivity index (χ4n) is 4.76. The van der Waals surface area contributed by atoms with Crippen LogP contribution in [0.25, 0.3) is 16.9 Å². The van der Waals surface area contributed by atoms with Gasteiger partial charge in [-0.25, -0.2) is 9.50 Å². The first-order chi connectivity index (χ1) is 20.7. The van der Waals surface area contributed by atoms with Gasteiger partial charge in [-0.2, -0.15) is 23.4 Å². The molecule has 0 aliphatic rings. The molecule has 3 aromatic heterocycles. The van der Waals surface area contributed by atoms with E-state index in [1.165, 1.54) is 6.07 Å². The van der Waals surface area contributed by atoms with Crippen molar-refractivity contribution < 1.29 is 22.7 Å². The number of amides is 1. The summed E-state index contributed by atoms with van der Waals surface area (Å²) in [6.45, 7) is 3.95. The lowest BCUT2D eigenvalue weighted by atomic mass is 10.1. The largest absolute Gasteiger partial charge is 0.457 e. The molecule has 0 aliphatic heterocycles. The zero-order valence-electron chi connectivity index (χ0n) is 23.1. The first kappa shape index (κ1) is 27.7. The molecule has 6 rings (SSSR count). The van der Waals surface area contributed by atoms with Crippen LogP contribution in [0.2, 0.25) is 0 Å². The number of carbonyl (C=O) groups excluding carboxylic acids is 1. The van der Waals surface area contributed by atoms with E-state index in [9.17, 15) is 18.0 Å². The summed E-state index contributed by atoms with van der Waals surface area (Å²) in [7, 11) is 0. The first-order valence-corrected chi connectivity index (χ1v) is 13.4. The molecule has 0 fully saturated rings. The summed E-state index contributed by atoms with van der Waals surface area (Å²) in [6, 6.07) is 27.7. The molecule has 1 amide bonds. The number of hydrogen-bond acceptors (Lipinski definition) is 5. The zero-order chi connectivity index (χ0) is 30.1. The number of fused-ring (bicyclic) bond motifs is 1. The Morgan fingerprint density at radius 3 is 2.28 bits per heavy atom. The highest BCUT2D eigenvalue weighted by molar-refractivity contribution is 6.04. The number of rotatable bonds is 7. The smallest absolute Gasteiger partial charge is 0.433 e. The second-order valence-electron chi connectivity index (χ2n) is 9.91. The van der Waals surface area contributed by atoms with Crippen molar-refractivity contribution in [1.29, 1.82) is 0 Å². The molecule has 216 valence electrons. The Bertz CT molecular complexity index is 1930. The summed E-state index contributed by atoms with van der Waals surface area (Å²) >= 11 is 0. The average Bonchev–Trinajstić information content (AvgIpc) is 3.54. The molecule has 0 atom stereocenters. The molecule has 0 spiro atoms. The van der Waals surface area contributed by atoms with Gasteiger partial charge in [0.2, 0.25) is 0 Å². The van der Waals surface area contributed by atoms with Crippen LogP contribution < -0.4 is 10.1 Å². The van der Waals surface area contributed by atoms with Crippen molar-refractivity contribution in [3.63, 3.8) is 0 Å². The highest BCUT2D eigenvalue weighted by Gasteiger charge is 2.35. The second kappa shape index (κ2) is 11.1. The number of hydrogen-bond donors (Lipinski definition) is 1. The molecule has 3 aromatic carbocycles. The van der Waals surface area contributed by atoms with Crippen molar-refractivity contribution in [2.45, 2.75) is 26.6 Å². The molecule has 0 saturated heterocycles. The summed E-state index contributed by atoms with van der Waals surface area (Å²) in [5.41, 5.74) is 1.90. The normalized spacial score (nSPS) is 11.6. The van der Waals surface area contributed by atoms with Gasteiger partial charge in [0, 0.05) is 11.6 Å². The molecule has 0 saturated carbocycles. The van der Waals surface area contributed by atoms with Crippen molar-refractivity contribution in [2.24, 2.45) is 0 Å². The number of aryl methyl sites for hydroxylation is 1. The van der Waals surface area contributed by atoms with Crippen LogP contribution in [0.5, 0.6) is 11.5 Å². The number of nitrogens with zero attached hydrogens (tertiary/aromatic N) is 5. The predicted octanol–water partition coefficient (Wildman–Crippen LogP) is 7.32. The molecule has 8 nitrogen and oxygen atoms in total. The van der Waals surface area contributed by atoms with E-state index >= 15 is 0 Å². The van der Waals surface area contributed by atoms with Crippen molar-refractivity contribution >= 4 is 17.2 Å². The number of halogens is 3. The standard InChI is InChI=1S/C32H25F3N6O2/c1-20-30(21(2)40(38-20)19-22-10-9-15-25(16-22)43-24-13-7-4-8-14-24)37-31(42)27-18-29-36-26(23-11-5-3-6-12-23)17-28(32(33,34)35)41(29)39-27/h3-18H,19H2,1-2H3,(H,37,42). The van der Waals surface area contributed by atoms with Gasteiger partial charge in [-0.15, -0.1) is 0 Å². The van der Waals surface area contributed by atoms with Crippen molar-refractivity contribution in [1.82, 2.24) is 24.4 Å². The molecule has 43 heavy (non-hydrogen) atoms. The van der Waals surface area contributed by atoms with E-state index in [2.05, 4.69) is 20.5 Å². The molecule has 1 N–H and O–H groups in total. The molecular formula is C32H25F3N6O2. The van der Waals surface area contributed by atoms with Gasteiger partial charge in [-0.3, -0.25) is 9.48 Å². The lowest BCUT2D eigenvalue weighted by molar-refractivity contribution is -0.142. The number of carbonyl (C=O) groups is 1. The van der Waals surface area contributed by atoms with Crippen LogP contribution in [0, 0.1) is 13.8 Å². The second-order valence-corrected chi connectivity index (χ2v) is 9.91. The van der Waals surface area contributed by atoms with Gasteiger partial charge in [0.1, 0.15) is 11.5 Å². The Hall–Kier alpha value is -5.45. The molecule has 11 heteroatoms. The van der Waals surface area contributed by atoms with Crippen LogP contribution in [0.3, 0.4) is 0 Å². The van der Waals surface area contributed by atoms with Crippen LogP contribution in [-0.4, -0.2) is 30.3 Å². The number of anilines is 1. The van der Waals surface area contributed by atoms with E-state index in [0.29, 0.717) is 39.4 Å². The predicted molar refractivity (Wildman–Crippen MR) is 155 cm³/mol. The SMILES string of the molecule is Cc1nn(Cc2cccc(Oc3ccccc3)c2)c(C)c1NC(=O)c1cc2nc(-c3ccccc3)cc(C(F)(F)F)n2n1. The fraction of sp³-hybridized carbons (Fsp3) is 0.125.